The molecule has 0 amide bonds. The van der Waals surface area contributed by atoms with Gasteiger partial charge < -0.3 is 9.26 Å². The number of hydrogen-bond donors (Lipinski definition) is 0. The number of hydrogen-bond acceptors (Lipinski definition) is 7. The fourth-order valence-corrected chi connectivity index (χ4v) is 3.04. The fraction of sp³-hybridized carbons (Fsp3) is 0.176. The van der Waals surface area contributed by atoms with E-state index in [4.69, 9.17) is 9.26 Å². The minimum atomic E-state index is -0.994. The van der Waals surface area contributed by atoms with Crippen molar-refractivity contribution < 1.29 is 14.1 Å². The van der Waals surface area contributed by atoms with E-state index < -0.39 is 11.7 Å². The molecule has 6 nitrogen and oxygen atoms in total. The predicted octanol–water partition coefficient (Wildman–Crippen LogP) is 3.61. The number of aryl methyl sites for hydroxylation is 1. The maximum absolute atomic E-state index is 12.4. The van der Waals surface area contributed by atoms with Crippen LogP contribution in [-0.2, 0) is 0 Å². The number of nitriles is 1. The Morgan fingerprint density at radius 2 is 2.12 bits per heavy atom. The molecule has 24 heavy (non-hydrogen) atoms. The number of methoxy groups -OCH3 is 1. The van der Waals surface area contributed by atoms with Crippen LogP contribution < -0.4 is 4.74 Å². The van der Waals surface area contributed by atoms with Crippen molar-refractivity contribution in [3.05, 3.63) is 52.2 Å². The van der Waals surface area contributed by atoms with E-state index in [0.717, 1.165) is 11.3 Å². The minimum absolute atomic E-state index is 0.139. The van der Waals surface area contributed by atoms with Crippen LogP contribution in [0.5, 0.6) is 5.75 Å². The third-order valence-electron chi connectivity index (χ3n) is 3.43. The normalized spacial score (nSPS) is 11.7. The van der Waals surface area contributed by atoms with Gasteiger partial charge in [0.05, 0.1) is 18.9 Å². The molecule has 0 unspecified atom stereocenters. The first-order valence-electron chi connectivity index (χ1n) is 7.09. The summed E-state index contributed by atoms with van der Waals surface area (Å²) in [4.78, 5) is 16.9. The number of aromatic nitrogens is 2. The Morgan fingerprint density at radius 1 is 1.38 bits per heavy atom. The maximum Gasteiger partial charge on any atom is 0.208 e. The van der Waals surface area contributed by atoms with Gasteiger partial charge in [0, 0.05) is 17.0 Å². The quantitative estimate of drug-likeness (QED) is 0.660. The highest BCUT2D eigenvalue weighted by Crippen LogP contribution is 2.29. The van der Waals surface area contributed by atoms with Crippen LogP contribution in [0.2, 0.25) is 0 Å². The smallest absolute Gasteiger partial charge is 0.208 e. The third-order valence-corrected chi connectivity index (χ3v) is 4.34. The van der Waals surface area contributed by atoms with Crippen LogP contribution in [-0.4, -0.2) is 23.0 Å². The third kappa shape index (κ3) is 3.05. The standard InChI is InChI=1S/C17H13N3O3S/c1-10-7-14(20-23-10)16(21)13(8-18)17-19-15(9-24-17)11-3-5-12(22-2)6-4-11/h3-7,9,13H,1-2H3/t13-/m0/s1. The molecule has 2 aromatic heterocycles. The van der Waals surface area contributed by atoms with Crippen molar-refractivity contribution in [3.8, 4) is 23.1 Å². The number of thiazole rings is 1. The van der Waals surface area contributed by atoms with Crippen molar-refractivity contribution in [2.75, 3.05) is 7.11 Å². The molecule has 0 spiro atoms. The van der Waals surface area contributed by atoms with Crippen molar-refractivity contribution in [3.63, 3.8) is 0 Å². The van der Waals surface area contributed by atoms with E-state index in [1.54, 1.807) is 14.0 Å². The van der Waals surface area contributed by atoms with E-state index in [0.29, 0.717) is 16.5 Å². The van der Waals surface area contributed by atoms with Crippen molar-refractivity contribution in [1.29, 1.82) is 5.26 Å². The molecular formula is C17H13N3O3S. The summed E-state index contributed by atoms with van der Waals surface area (Å²) in [5, 5.41) is 15.3. The number of Topliss-reactive ketones (excluding diaryl/α,β-unsaturated/α-hetero) is 1. The highest BCUT2D eigenvalue weighted by molar-refractivity contribution is 7.10. The fourth-order valence-electron chi connectivity index (χ4n) is 2.17. The number of carbonyl (C=O) groups is 1. The molecule has 0 aliphatic heterocycles. The van der Waals surface area contributed by atoms with Gasteiger partial charge in [0.1, 0.15) is 16.5 Å². The molecule has 0 radical (unpaired) electrons. The summed E-state index contributed by atoms with van der Waals surface area (Å²) < 4.78 is 10.0. The summed E-state index contributed by atoms with van der Waals surface area (Å²) in [6.07, 6.45) is 0. The zero-order chi connectivity index (χ0) is 17.1. The van der Waals surface area contributed by atoms with Gasteiger partial charge in [-0.2, -0.15) is 5.26 Å². The summed E-state index contributed by atoms with van der Waals surface area (Å²) in [5.74, 6) is -0.134. The van der Waals surface area contributed by atoms with Crippen LogP contribution >= 0.6 is 11.3 Å². The SMILES string of the molecule is COc1ccc(-c2csc([C@@H](C#N)C(=O)c3cc(C)on3)n2)cc1. The Labute approximate surface area is 142 Å². The lowest BCUT2D eigenvalue weighted by Gasteiger charge is -2.02. The average molecular weight is 339 g/mol. The molecule has 0 bridgehead atoms. The highest BCUT2D eigenvalue weighted by Gasteiger charge is 2.27. The Kier molecular flexibility index (Phi) is 4.40. The topological polar surface area (TPSA) is 89.0 Å². The summed E-state index contributed by atoms with van der Waals surface area (Å²) in [7, 11) is 1.60. The number of rotatable bonds is 5. The molecule has 120 valence electrons. The first-order valence-corrected chi connectivity index (χ1v) is 7.97. The Bertz CT molecular complexity index is 906. The first kappa shape index (κ1) is 15.9. The Balaban J connectivity index is 1.87. The molecule has 2 heterocycles. The van der Waals surface area contributed by atoms with Gasteiger partial charge in [-0.25, -0.2) is 4.98 Å². The van der Waals surface area contributed by atoms with Crippen LogP contribution in [0, 0.1) is 18.3 Å². The number of nitrogens with zero attached hydrogens (tertiary/aromatic N) is 3. The lowest BCUT2D eigenvalue weighted by molar-refractivity contribution is 0.0970. The number of benzene rings is 1. The zero-order valence-corrected chi connectivity index (χ0v) is 13.8. The van der Waals surface area contributed by atoms with Gasteiger partial charge in [-0.3, -0.25) is 4.79 Å². The van der Waals surface area contributed by atoms with Crippen LogP contribution in [0.25, 0.3) is 11.3 Å². The van der Waals surface area contributed by atoms with E-state index in [1.165, 1.54) is 17.4 Å². The highest BCUT2D eigenvalue weighted by atomic mass is 32.1. The van der Waals surface area contributed by atoms with Crippen LogP contribution in [0.1, 0.15) is 27.2 Å². The molecule has 0 saturated heterocycles. The van der Waals surface area contributed by atoms with Crippen LogP contribution in [0.3, 0.4) is 0 Å². The lowest BCUT2D eigenvalue weighted by Crippen LogP contribution is -2.11. The van der Waals surface area contributed by atoms with Crippen molar-refractivity contribution in [2.24, 2.45) is 0 Å². The molecule has 7 heteroatoms. The number of carbonyl (C=O) groups excluding carboxylic acids is 1. The lowest BCUT2D eigenvalue weighted by atomic mass is 10.0. The average Bonchev–Trinajstić information content (AvgIpc) is 3.25. The first-order chi connectivity index (χ1) is 11.6. The van der Waals surface area contributed by atoms with Gasteiger partial charge in [-0.05, 0) is 31.2 Å². The van der Waals surface area contributed by atoms with E-state index in [1.807, 2.05) is 35.7 Å². The minimum Gasteiger partial charge on any atom is -0.497 e. The largest absolute Gasteiger partial charge is 0.497 e. The molecule has 1 atom stereocenters. The van der Waals surface area contributed by atoms with Gasteiger partial charge in [-0.15, -0.1) is 11.3 Å². The monoisotopic (exact) mass is 339 g/mol. The van der Waals surface area contributed by atoms with Crippen molar-refractivity contribution in [1.82, 2.24) is 10.1 Å². The van der Waals surface area contributed by atoms with E-state index in [9.17, 15) is 10.1 Å². The molecular weight excluding hydrogens is 326 g/mol. The zero-order valence-electron chi connectivity index (χ0n) is 13.0. The molecule has 0 aliphatic carbocycles. The number of ketones is 1. The van der Waals surface area contributed by atoms with Crippen molar-refractivity contribution >= 4 is 17.1 Å². The van der Waals surface area contributed by atoms with Crippen LogP contribution in [0.4, 0.5) is 0 Å². The number of ether oxygens (including phenoxy) is 1. The predicted molar refractivity (Wildman–Crippen MR) is 88.0 cm³/mol. The van der Waals surface area contributed by atoms with E-state index in [2.05, 4.69) is 10.1 Å². The molecule has 1 aromatic carbocycles. The van der Waals surface area contributed by atoms with Gasteiger partial charge in [0.25, 0.3) is 0 Å². The van der Waals surface area contributed by atoms with Crippen molar-refractivity contribution in [2.45, 2.75) is 12.8 Å². The molecule has 3 aromatic rings. The van der Waals surface area contributed by atoms with Gasteiger partial charge >= 0.3 is 0 Å². The summed E-state index contributed by atoms with van der Waals surface area (Å²) in [6, 6.07) is 10.9. The van der Waals surface area contributed by atoms with Gasteiger partial charge in [-0.1, -0.05) is 5.16 Å². The summed E-state index contributed by atoms with van der Waals surface area (Å²) in [6.45, 7) is 1.69. The molecule has 0 aliphatic rings. The summed E-state index contributed by atoms with van der Waals surface area (Å²) in [5.41, 5.74) is 1.74. The molecule has 0 N–H and O–H groups in total. The molecule has 3 rings (SSSR count). The second-order valence-electron chi connectivity index (χ2n) is 5.05. The van der Waals surface area contributed by atoms with Gasteiger partial charge in [0.15, 0.2) is 11.6 Å². The van der Waals surface area contributed by atoms with Gasteiger partial charge in [0.2, 0.25) is 5.78 Å². The Hall–Kier alpha value is -2.98. The Morgan fingerprint density at radius 3 is 2.71 bits per heavy atom. The second kappa shape index (κ2) is 6.64. The molecule has 0 fully saturated rings. The summed E-state index contributed by atoms with van der Waals surface area (Å²) >= 11 is 1.27. The molecule has 0 saturated carbocycles. The van der Waals surface area contributed by atoms with E-state index in [-0.39, 0.29) is 5.69 Å². The second-order valence-corrected chi connectivity index (χ2v) is 5.94. The van der Waals surface area contributed by atoms with E-state index >= 15 is 0 Å². The van der Waals surface area contributed by atoms with Crippen LogP contribution in [0.15, 0.2) is 40.2 Å². The maximum atomic E-state index is 12.4.